The molecule has 3 amide bonds. The van der Waals surface area contributed by atoms with Crippen LogP contribution in [0, 0.1) is 0 Å². The fourth-order valence-corrected chi connectivity index (χ4v) is 3.80. The molecular weight excluding hydrogens is 396 g/mol. The molecule has 170 valence electrons. The van der Waals surface area contributed by atoms with Gasteiger partial charge < -0.3 is 19.9 Å². The molecule has 2 fully saturated rings. The van der Waals surface area contributed by atoms with E-state index < -0.39 is 5.60 Å². The molecule has 0 bridgehead atoms. The Morgan fingerprint density at radius 3 is 2.29 bits per heavy atom. The number of ether oxygens (including phenoxy) is 1. The van der Waals surface area contributed by atoms with Gasteiger partial charge in [0.05, 0.1) is 0 Å². The zero-order valence-corrected chi connectivity index (χ0v) is 18.9. The minimum absolute atomic E-state index is 0.103. The number of hydrogen-bond acceptors (Lipinski definition) is 5. The van der Waals surface area contributed by atoms with Gasteiger partial charge in [0.1, 0.15) is 5.60 Å². The van der Waals surface area contributed by atoms with Gasteiger partial charge in [-0.15, -0.1) is 0 Å². The molecule has 8 nitrogen and oxygen atoms in total. The first-order valence-corrected chi connectivity index (χ1v) is 11.1. The third-order valence-corrected chi connectivity index (χ3v) is 5.48. The van der Waals surface area contributed by atoms with E-state index in [4.69, 9.17) is 4.74 Å². The van der Waals surface area contributed by atoms with Crippen molar-refractivity contribution in [1.29, 1.82) is 0 Å². The summed E-state index contributed by atoms with van der Waals surface area (Å²) in [5, 5.41) is 2.96. The van der Waals surface area contributed by atoms with Gasteiger partial charge in [0.15, 0.2) is 0 Å². The summed E-state index contributed by atoms with van der Waals surface area (Å²) in [7, 11) is 0. The number of benzene rings is 1. The van der Waals surface area contributed by atoms with Crippen molar-refractivity contribution < 1.29 is 19.1 Å². The Morgan fingerprint density at radius 2 is 1.71 bits per heavy atom. The molecule has 2 saturated heterocycles. The molecule has 2 aliphatic rings. The Bertz CT molecular complexity index is 780. The van der Waals surface area contributed by atoms with E-state index in [0.29, 0.717) is 31.6 Å². The summed E-state index contributed by atoms with van der Waals surface area (Å²) in [6.45, 7) is 10.8. The van der Waals surface area contributed by atoms with Crippen molar-refractivity contribution in [2.75, 3.05) is 50.7 Å². The van der Waals surface area contributed by atoms with Gasteiger partial charge >= 0.3 is 6.09 Å². The highest BCUT2D eigenvalue weighted by Gasteiger charge is 2.25. The molecule has 2 aliphatic heterocycles. The Hall–Kier alpha value is -2.61. The molecule has 31 heavy (non-hydrogen) atoms. The lowest BCUT2D eigenvalue weighted by atomic mass is 10.2. The Balaban J connectivity index is 1.33. The van der Waals surface area contributed by atoms with Crippen LogP contribution in [0.1, 0.15) is 50.4 Å². The van der Waals surface area contributed by atoms with E-state index in [1.807, 2.05) is 32.9 Å². The number of nitrogens with one attached hydrogen (secondary N) is 1. The average Bonchev–Trinajstić information content (AvgIpc) is 3.16. The number of amides is 3. The van der Waals surface area contributed by atoms with Crippen molar-refractivity contribution in [2.24, 2.45) is 0 Å². The van der Waals surface area contributed by atoms with Gasteiger partial charge in [-0.3, -0.25) is 14.5 Å². The third-order valence-electron chi connectivity index (χ3n) is 5.48. The predicted octanol–water partition coefficient (Wildman–Crippen LogP) is 2.49. The number of piperazine rings is 1. The molecule has 1 aromatic rings. The lowest BCUT2D eigenvalue weighted by molar-refractivity contribution is -0.117. The van der Waals surface area contributed by atoms with Crippen molar-refractivity contribution in [3.05, 3.63) is 29.8 Å². The summed E-state index contributed by atoms with van der Waals surface area (Å²) in [5.41, 5.74) is 0.976. The van der Waals surface area contributed by atoms with E-state index in [-0.39, 0.29) is 17.9 Å². The highest BCUT2D eigenvalue weighted by atomic mass is 16.6. The van der Waals surface area contributed by atoms with Crippen molar-refractivity contribution >= 4 is 23.6 Å². The molecule has 0 saturated carbocycles. The van der Waals surface area contributed by atoms with Gasteiger partial charge in [0.2, 0.25) is 5.91 Å². The van der Waals surface area contributed by atoms with Crippen LogP contribution in [0.5, 0.6) is 0 Å². The highest BCUT2D eigenvalue weighted by Crippen LogP contribution is 2.21. The largest absolute Gasteiger partial charge is 0.444 e. The molecule has 0 aliphatic carbocycles. The Labute approximate surface area is 184 Å². The maximum atomic E-state index is 12.4. The number of anilines is 1. The lowest BCUT2D eigenvalue weighted by Crippen LogP contribution is -2.50. The molecule has 0 aromatic heterocycles. The first-order valence-electron chi connectivity index (χ1n) is 11.1. The SMILES string of the molecule is CC(C)(C)OC(=O)N1CCN(CCCNC(=O)c2ccc(N3CCCC3=O)cc2)CC1. The molecule has 0 spiro atoms. The molecule has 1 N–H and O–H groups in total. The summed E-state index contributed by atoms with van der Waals surface area (Å²) in [5.74, 6) is 0.0400. The van der Waals surface area contributed by atoms with E-state index in [2.05, 4.69) is 10.2 Å². The van der Waals surface area contributed by atoms with Crippen molar-refractivity contribution in [2.45, 2.75) is 45.6 Å². The fourth-order valence-electron chi connectivity index (χ4n) is 3.80. The minimum Gasteiger partial charge on any atom is -0.444 e. The lowest BCUT2D eigenvalue weighted by Gasteiger charge is -2.35. The van der Waals surface area contributed by atoms with Crippen LogP contribution in [-0.4, -0.2) is 79.1 Å². The molecule has 2 heterocycles. The van der Waals surface area contributed by atoms with Crippen LogP contribution in [0.3, 0.4) is 0 Å². The van der Waals surface area contributed by atoms with E-state index in [0.717, 1.165) is 44.7 Å². The van der Waals surface area contributed by atoms with Gasteiger partial charge in [0.25, 0.3) is 5.91 Å². The second-order valence-electron chi connectivity index (χ2n) is 9.11. The number of nitrogens with zero attached hydrogens (tertiary/aromatic N) is 3. The zero-order chi connectivity index (χ0) is 22.4. The third kappa shape index (κ3) is 6.69. The van der Waals surface area contributed by atoms with E-state index in [1.54, 1.807) is 21.9 Å². The van der Waals surface area contributed by atoms with Crippen LogP contribution in [0.2, 0.25) is 0 Å². The first kappa shape index (κ1) is 23.1. The van der Waals surface area contributed by atoms with Gasteiger partial charge in [-0.05, 0) is 64.4 Å². The maximum Gasteiger partial charge on any atom is 0.410 e. The highest BCUT2D eigenvalue weighted by molar-refractivity contribution is 5.97. The Kier molecular flexibility index (Phi) is 7.54. The van der Waals surface area contributed by atoms with Gasteiger partial charge in [-0.2, -0.15) is 0 Å². The van der Waals surface area contributed by atoms with Crippen LogP contribution in [0.15, 0.2) is 24.3 Å². The standard InChI is InChI=1S/C23H34N4O4/c1-23(2,3)31-22(30)26-16-14-25(15-17-26)12-5-11-24-21(29)18-7-9-19(10-8-18)27-13-4-6-20(27)28/h7-10H,4-6,11-17H2,1-3H3,(H,24,29). The molecule has 0 atom stereocenters. The minimum atomic E-state index is -0.474. The number of carbonyl (C=O) groups is 3. The summed E-state index contributed by atoms with van der Waals surface area (Å²) in [6, 6.07) is 7.21. The molecule has 8 heteroatoms. The second-order valence-corrected chi connectivity index (χ2v) is 9.11. The second kappa shape index (κ2) is 10.1. The van der Waals surface area contributed by atoms with Crippen LogP contribution in [0.25, 0.3) is 0 Å². The van der Waals surface area contributed by atoms with E-state index in [9.17, 15) is 14.4 Å². The molecule has 0 unspecified atom stereocenters. The van der Waals surface area contributed by atoms with Gasteiger partial charge in [-0.25, -0.2) is 4.79 Å². The average molecular weight is 431 g/mol. The summed E-state index contributed by atoms with van der Waals surface area (Å²) >= 11 is 0. The number of hydrogen-bond donors (Lipinski definition) is 1. The van der Waals surface area contributed by atoms with Crippen LogP contribution < -0.4 is 10.2 Å². The summed E-state index contributed by atoms with van der Waals surface area (Å²) < 4.78 is 5.42. The van der Waals surface area contributed by atoms with Crippen LogP contribution in [-0.2, 0) is 9.53 Å². The van der Waals surface area contributed by atoms with E-state index in [1.165, 1.54) is 0 Å². The topological polar surface area (TPSA) is 82.2 Å². The van der Waals surface area contributed by atoms with Crippen molar-refractivity contribution in [3.8, 4) is 0 Å². The molecule has 3 rings (SSSR count). The van der Waals surface area contributed by atoms with Crippen LogP contribution >= 0.6 is 0 Å². The predicted molar refractivity (Wildman–Crippen MR) is 119 cm³/mol. The summed E-state index contributed by atoms with van der Waals surface area (Å²) in [4.78, 5) is 42.1. The van der Waals surface area contributed by atoms with E-state index >= 15 is 0 Å². The first-order chi connectivity index (χ1) is 14.7. The number of carbonyl (C=O) groups excluding carboxylic acids is 3. The fraction of sp³-hybridized carbons (Fsp3) is 0.609. The smallest absolute Gasteiger partial charge is 0.410 e. The van der Waals surface area contributed by atoms with Crippen LogP contribution in [0.4, 0.5) is 10.5 Å². The summed E-state index contributed by atoms with van der Waals surface area (Å²) in [6.07, 6.45) is 2.08. The van der Waals surface area contributed by atoms with Crippen molar-refractivity contribution in [3.63, 3.8) is 0 Å². The van der Waals surface area contributed by atoms with Crippen molar-refractivity contribution in [1.82, 2.24) is 15.1 Å². The quantitative estimate of drug-likeness (QED) is 0.701. The molecule has 1 aromatic carbocycles. The van der Waals surface area contributed by atoms with Gasteiger partial charge in [-0.1, -0.05) is 0 Å². The zero-order valence-electron chi connectivity index (χ0n) is 18.9. The molecule has 0 radical (unpaired) electrons. The number of rotatable bonds is 6. The normalized spacial score (nSPS) is 17.7. The maximum absolute atomic E-state index is 12.4. The van der Waals surface area contributed by atoms with Gasteiger partial charge in [0, 0.05) is 56.9 Å². The molecular formula is C23H34N4O4. The Morgan fingerprint density at radius 1 is 1.03 bits per heavy atom. The monoisotopic (exact) mass is 430 g/mol.